The Bertz CT molecular complexity index is 761. The summed E-state index contributed by atoms with van der Waals surface area (Å²) in [7, 11) is 0. The van der Waals surface area contributed by atoms with Gasteiger partial charge in [0.2, 0.25) is 5.88 Å². The molecular weight excluding hydrogens is 288 g/mol. The van der Waals surface area contributed by atoms with E-state index in [1.54, 1.807) is 24.5 Å². The molecule has 3 rings (SSSR count). The highest BCUT2D eigenvalue weighted by molar-refractivity contribution is 6.31. The van der Waals surface area contributed by atoms with Gasteiger partial charge in [0.05, 0.1) is 10.9 Å². The number of ether oxygens (including phenoxy) is 1. The molecule has 0 saturated heterocycles. The van der Waals surface area contributed by atoms with Gasteiger partial charge in [-0.1, -0.05) is 24.9 Å². The minimum atomic E-state index is 0.268. The molecule has 0 N–H and O–H groups in total. The Labute approximate surface area is 127 Å². The molecule has 2 aromatic heterocycles. The second kappa shape index (κ2) is 6.01. The monoisotopic (exact) mass is 300 g/mol. The van der Waals surface area contributed by atoms with E-state index in [4.69, 9.17) is 16.3 Å². The third-order valence-corrected chi connectivity index (χ3v) is 3.21. The summed E-state index contributed by atoms with van der Waals surface area (Å²) in [6.07, 6.45) is 6.98. The van der Waals surface area contributed by atoms with Crippen molar-refractivity contribution in [3.63, 3.8) is 0 Å². The largest absolute Gasteiger partial charge is 0.404 e. The summed E-state index contributed by atoms with van der Waals surface area (Å²) in [5.74, 6) is 0.417. The van der Waals surface area contributed by atoms with Crippen LogP contribution in [0, 0.1) is 0 Å². The summed E-state index contributed by atoms with van der Waals surface area (Å²) in [5.41, 5.74) is 1.80. The zero-order valence-electron chi connectivity index (χ0n) is 11.5. The molecule has 0 unspecified atom stereocenters. The fourth-order valence-corrected chi connectivity index (χ4v) is 2.15. The van der Waals surface area contributed by atoms with Crippen LogP contribution in [0.2, 0.25) is 5.02 Å². The van der Waals surface area contributed by atoms with E-state index in [2.05, 4.69) is 26.9 Å². The predicted molar refractivity (Wildman–Crippen MR) is 80.6 cm³/mol. The highest BCUT2D eigenvalue weighted by Gasteiger charge is 2.08. The van der Waals surface area contributed by atoms with Crippen LogP contribution in [0.15, 0.2) is 36.9 Å². The van der Waals surface area contributed by atoms with Gasteiger partial charge in [-0.2, -0.15) is 0 Å². The van der Waals surface area contributed by atoms with Crippen molar-refractivity contribution in [3.8, 4) is 11.9 Å². The van der Waals surface area contributed by atoms with Crippen LogP contribution in [-0.4, -0.2) is 19.9 Å². The third kappa shape index (κ3) is 3.08. The Kier molecular flexibility index (Phi) is 3.92. The first-order chi connectivity index (χ1) is 10.3. The Hall–Kier alpha value is -2.27. The Morgan fingerprint density at radius 3 is 2.67 bits per heavy atom. The molecule has 0 aliphatic carbocycles. The second-order valence-electron chi connectivity index (χ2n) is 4.57. The molecule has 0 aliphatic rings. The maximum atomic E-state index is 5.95. The number of aryl methyl sites for hydroxylation is 1. The van der Waals surface area contributed by atoms with Crippen molar-refractivity contribution >= 4 is 22.5 Å². The lowest BCUT2D eigenvalue weighted by atomic mass is 10.2. The smallest absolute Gasteiger partial charge is 0.323 e. The van der Waals surface area contributed by atoms with Crippen molar-refractivity contribution in [3.05, 3.63) is 47.5 Å². The predicted octanol–water partition coefficient (Wildman–Crippen LogP) is 3.82. The van der Waals surface area contributed by atoms with Gasteiger partial charge in [-0.15, -0.1) is 0 Å². The molecule has 0 amide bonds. The minimum Gasteiger partial charge on any atom is -0.404 e. The highest BCUT2D eigenvalue weighted by atomic mass is 35.5. The van der Waals surface area contributed by atoms with Gasteiger partial charge in [-0.05, 0) is 30.2 Å². The molecular formula is C15H13ClN4O. The van der Waals surface area contributed by atoms with Crippen molar-refractivity contribution in [1.82, 2.24) is 19.9 Å². The molecule has 0 saturated carbocycles. The number of nitrogens with zero attached hydrogens (tertiary/aromatic N) is 4. The van der Waals surface area contributed by atoms with E-state index in [-0.39, 0.29) is 6.01 Å². The van der Waals surface area contributed by atoms with E-state index in [1.165, 1.54) is 6.33 Å². The van der Waals surface area contributed by atoms with Crippen molar-refractivity contribution in [2.75, 3.05) is 0 Å². The molecule has 0 aliphatic heterocycles. The van der Waals surface area contributed by atoms with Crippen LogP contribution in [0.25, 0.3) is 10.9 Å². The van der Waals surface area contributed by atoms with Crippen LogP contribution in [-0.2, 0) is 6.42 Å². The number of hydrogen-bond donors (Lipinski definition) is 0. The normalized spacial score (nSPS) is 10.8. The van der Waals surface area contributed by atoms with Gasteiger partial charge >= 0.3 is 6.01 Å². The highest BCUT2D eigenvalue weighted by Crippen LogP contribution is 2.26. The van der Waals surface area contributed by atoms with E-state index in [0.717, 1.165) is 29.3 Å². The first-order valence-corrected chi connectivity index (χ1v) is 7.03. The van der Waals surface area contributed by atoms with Gasteiger partial charge < -0.3 is 4.74 Å². The summed E-state index contributed by atoms with van der Waals surface area (Å²) in [4.78, 5) is 16.7. The topological polar surface area (TPSA) is 60.8 Å². The molecule has 0 fully saturated rings. The quantitative estimate of drug-likeness (QED) is 0.733. The molecule has 1 aromatic carbocycles. The van der Waals surface area contributed by atoms with Crippen LogP contribution in [0.4, 0.5) is 0 Å². The van der Waals surface area contributed by atoms with Crippen molar-refractivity contribution < 1.29 is 4.74 Å². The van der Waals surface area contributed by atoms with Gasteiger partial charge in [-0.3, -0.25) is 0 Å². The zero-order valence-corrected chi connectivity index (χ0v) is 12.2. The van der Waals surface area contributed by atoms with Gasteiger partial charge in [0, 0.05) is 17.4 Å². The van der Waals surface area contributed by atoms with Gasteiger partial charge in [0.25, 0.3) is 0 Å². The summed E-state index contributed by atoms with van der Waals surface area (Å²) in [6.45, 7) is 2.11. The zero-order chi connectivity index (χ0) is 14.7. The number of rotatable bonds is 4. The Morgan fingerprint density at radius 2 is 1.90 bits per heavy atom. The molecule has 106 valence electrons. The summed E-state index contributed by atoms with van der Waals surface area (Å²) < 4.78 is 5.65. The lowest BCUT2D eigenvalue weighted by Gasteiger charge is -2.06. The molecule has 0 radical (unpaired) electrons. The van der Waals surface area contributed by atoms with Crippen molar-refractivity contribution in [2.45, 2.75) is 19.8 Å². The van der Waals surface area contributed by atoms with E-state index in [9.17, 15) is 0 Å². The number of halogens is 1. The number of fused-ring (bicyclic) bond motifs is 1. The van der Waals surface area contributed by atoms with E-state index in [1.807, 2.05) is 6.07 Å². The van der Waals surface area contributed by atoms with Crippen LogP contribution in [0.5, 0.6) is 11.9 Å². The summed E-state index contributed by atoms with van der Waals surface area (Å²) in [6, 6.07) is 5.62. The Balaban J connectivity index is 1.90. The fraction of sp³-hybridized carbons (Fsp3) is 0.200. The lowest BCUT2D eigenvalue weighted by molar-refractivity contribution is 0.429. The third-order valence-electron chi connectivity index (χ3n) is 2.97. The molecule has 2 heterocycles. The SMILES string of the molecule is CCCc1cnc(Oc2ncnc3cc(Cl)ccc23)nc1. The van der Waals surface area contributed by atoms with E-state index >= 15 is 0 Å². The molecule has 0 bridgehead atoms. The lowest BCUT2D eigenvalue weighted by Crippen LogP contribution is -1.96. The van der Waals surface area contributed by atoms with Crippen LogP contribution >= 0.6 is 11.6 Å². The average Bonchev–Trinajstić information content (AvgIpc) is 2.49. The summed E-state index contributed by atoms with van der Waals surface area (Å²) >= 11 is 5.95. The molecule has 21 heavy (non-hydrogen) atoms. The number of hydrogen-bond acceptors (Lipinski definition) is 5. The molecule has 3 aromatic rings. The van der Waals surface area contributed by atoms with Crippen molar-refractivity contribution in [1.29, 1.82) is 0 Å². The van der Waals surface area contributed by atoms with Gasteiger partial charge in [-0.25, -0.2) is 19.9 Å². The standard InChI is InChI=1S/C15H13ClN4O/c1-2-3-10-7-17-15(18-8-10)21-14-12-5-4-11(16)6-13(12)19-9-20-14/h4-9H,2-3H2,1H3. The van der Waals surface area contributed by atoms with Crippen LogP contribution in [0.1, 0.15) is 18.9 Å². The molecule has 5 nitrogen and oxygen atoms in total. The number of aromatic nitrogens is 4. The second-order valence-corrected chi connectivity index (χ2v) is 5.00. The first-order valence-electron chi connectivity index (χ1n) is 6.65. The maximum Gasteiger partial charge on any atom is 0.323 e. The Morgan fingerprint density at radius 1 is 1.10 bits per heavy atom. The van der Waals surface area contributed by atoms with Crippen LogP contribution in [0.3, 0.4) is 0 Å². The van der Waals surface area contributed by atoms with Crippen molar-refractivity contribution in [2.24, 2.45) is 0 Å². The van der Waals surface area contributed by atoms with Gasteiger partial charge in [0.1, 0.15) is 6.33 Å². The maximum absolute atomic E-state index is 5.95. The minimum absolute atomic E-state index is 0.268. The molecule has 0 spiro atoms. The molecule has 0 atom stereocenters. The first kappa shape index (κ1) is 13.7. The number of benzene rings is 1. The average molecular weight is 301 g/mol. The van der Waals surface area contributed by atoms with E-state index in [0.29, 0.717) is 10.9 Å². The molecule has 6 heteroatoms. The van der Waals surface area contributed by atoms with Crippen LogP contribution < -0.4 is 4.74 Å². The summed E-state index contributed by atoms with van der Waals surface area (Å²) in [5, 5.41) is 1.38. The fourth-order valence-electron chi connectivity index (χ4n) is 1.99. The van der Waals surface area contributed by atoms with Gasteiger partial charge in [0.15, 0.2) is 0 Å². The van der Waals surface area contributed by atoms with E-state index < -0.39 is 0 Å².